The maximum atomic E-state index is 11.2. The minimum Gasteiger partial charge on any atom is -0.477 e. The van der Waals surface area contributed by atoms with E-state index in [9.17, 15) is 18.0 Å². The van der Waals surface area contributed by atoms with Gasteiger partial charge >= 0.3 is 5.97 Å². The average molecular weight is 263 g/mol. The van der Waals surface area contributed by atoms with Crippen LogP contribution in [0.25, 0.3) is 0 Å². The lowest BCUT2D eigenvalue weighted by molar-refractivity contribution is -0.113. The molecule has 1 aromatic heterocycles. The van der Waals surface area contributed by atoms with E-state index in [4.69, 9.17) is 5.11 Å². The number of aromatic carboxylic acids is 1. The van der Waals surface area contributed by atoms with Crippen LogP contribution in [-0.4, -0.2) is 37.4 Å². The number of carboxylic acids is 1. The average Bonchev–Trinajstić information content (AvgIpc) is 2.48. The van der Waals surface area contributed by atoms with Gasteiger partial charge in [-0.3, -0.25) is 4.79 Å². The van der Waals surface area contributed by atoms with E-state index < -0.39 is 27.5 Å². The highest BCUT2D eigenvalue weighted by atomic mass is 32.2. The molecular formula is C8H9NO5S2. The molecule has 0 spiro atoms. The Morgan fingerprint density at radius 3 is 2.50 bits per heavy atom. The molecule has 0 saturated carbocycles. The van der Waals surface area contributed by atoms with Crippen LogP contribution in [0.2, 0.25) is 0 Å². The highest BCUT2D eigenvalue weighted by molar-refractivity contribution is 7.91. The van der Waals surface area contributed by atoms with Gasteiger partial charge in [-0.2, -0.15) is 0 Å². The number of thiophene rings is 1. The summed E-state index contributed by atoms with van der Waals surface area (Å²) in [5.41, 5.74) is 0. The van der Waals surface area contributed by atoms with Crippen LogP contribution < -0.4 is 5.32 Å². The molecule has 0 aliphatic heterocycles. The summed E-state index contributed by atoms with van der Waals surface area (Å²) >= 11 is 0.869. The molecule has 1 rings (SSSR count). The second-order valence-electron chi connectivity index (χ2n) is 3.09. The number of amides is 1. The van der Waals surface area contributed by atoms with Crippen LogP contribution in [0, 0.1) is 0 Å². The molecule has 6 nitrogen and oxygen atoms in total. The Hall–Kier alpha value is -1.41. The van der Waals surface area contributed by atoms with E-state index in [1.165, 1.54) is 12.1 Å². The van der Waals surface area contributed by atoms with E-state index in [0.717, 1.165) is 17.6 Å². The number of hydrogen-bond acceptors (Lipinski definition) is 5. The van der Waals surface area contributed by atoms with Crippen molar-refractivity contribution in [2.75, 3.05) is 17.3 Å². The first kappa shape index (κ1) is 12.7. The molecule has 1 heterocycles. The fourth-order valence-electron chi connectivity index (χ4n) is 0.932. The van der Waals surface area contributed by atoms with Gasteiger partial charge in [0.15, 0.2) is 9.84 Å². The fraction of sp³-hybridized carbons (Fsp3) is 0.250. The molecule has 0 unspecified atom stereocenters. The Labute approximate surface area is 95.8 Å². The quantitative estimate of drug-likeness (QED) is 0.820. The van der Waals surface area contributed by atoms with Crippen molar-refractivity contribution < 1.29 is 23.1 Å². The first-order chi connectivity index (χ1) is 7.28. The third-order valence-electron chi connectivity index (χ3n) is 1.47. The third kappa shape index (κ3) is 3.99. The lowest BCUT2D eigenvalue weighted by Gasteiger charge is -1.99. The predicted octanol–water partition coefficient (Wildman–Crippen LogP) is 0.429. The third-order valence-corrected chi connectivity index (χ3v) is 3.25. The van der Waals surface area contributed by atoms with Crippen LogP contribution in [0.3, 0.4) is 0 Å². The second kappa shape index (κ2) is 4.62. The monoisotopic (exact) mass is 263 g/mol. The number of sulfone groups is 1. The van der Waals surface area contributed by atoms with Crippen LogP contribution in [0.1, 0.15) is 9.67 Å². The predicted molar refractivity (Wildman–Crippen MR) is 59.6 cm³/mol. The summed E-state index contributed by atoms with van der Waals surface area (Å²) in [4.78, 5) is 21.8. The molecule has 1 aromatic rings. The van der Waals surface area contributed by atoms with Gasteiger partial charge in [0, 0.05) is 6.26 Å². The van der Waals surface area contributed by atoms with Gasteiger partial charge in [-0.15, -0.1) is 11.3 Å². The van der Waals surface area contributed by atoms with Gasteiger partial charge in [0.1, 0.15) is 10.6 Å². The van der Waals surface area contributed by atoms with Crippen molar-refractivity contribution in [1.82, 2.24) is 0 Å². The summed E-state index contributed by atoms with van der Waals surface area (Å²) in [6.07, 6.45) is 0.948. The molecule has 2 N–H and O–H groups in total. The van der Waals surface area contributed by atoms with Crippen molar-refractivity contribution in [2.45, 2.75) is 0 Å². The molecule has 0 saturated heterocycles. The molecule has 0 aromatic carbocycles. The number of carbonyl (C=O) groups is 2. The standard InChI is InChI=1S/C8H9NO5S2/c1-16(13,14)4-6(10)9-7-3-2-5(15-7)8(11)12/h2-3H,4H2,1H3,(H,9,10)(H,11,12). The van der Waals surface area contributed by atoms with E-state index >= 15 is 0 Å². The maximum Gasteiger partial charge on any atom is 0.345 e. The number of nitrogens with one attached hydrogen (secondary N) is 1. The highest BCUT2D eigenvalue weighted by Crippen LogP contribution is 2.21. The van der Waals surface area contributed by atoms with Gasteiger partial charge in [-0.25, -0.2) is 13.2 Å². The van der Waals surface area contributed by atoms with Crippen molar-refractivity contribution >= 4 is 38.1 Å². The minimum absolute atomic E-state index is 0.0784. The summed E-state index contributed by atoms with van der Waals surface area (Å²) in [7, 11) is -3.38. The van der Waals surface area contributed by atoms with Crippen molar-refractivity contribution in [1.29, 1.82) is 0 Å². The van der Waals surface area contributed by atoms with Crippen molar-refractivity contribution in [3.63, 3.8) is 0 Å². The van der Waals surface area contributed by atoms with Crippen LogP contribution in [-0.2, 0) is 14.6 Å². The van der Waals surface area contributed by atoms with Crippen molar-refractivity contribution in [3.05, 3.63) is 17.0 Å². The summed E-state index contributed by atoms with van der Waals surface area (Å²) in [5.74, 6) is -2.39. The molecular weight excluding hydrogens is 254 g/mol. The van der Waals surface area contributed by atoms with E-state index in [1.54, 1.807) is 0 Å². The molecule has 88 valence electrons. The summed E-state index contributed by atoms with van der Waals surface area (Å²) in [5, 5.41) is 11.2. The zero-order valence-corrected chi connectivity index (χ0v) is 9.89. The minimum atomic E-state index is -3.38. The molecule has 0 radical (unpaired) electrons. The van der Waals surface area contributed by atoms with E-state index in [0.29, 0.717) is 5.00 Å². The van der Waals surface area contributed by atoms with Gasteiger partial charge in [0.05, 0.1) is 5.00 Å². The Bertz CT molecular complexity index is 516. The van der Waals surface area contributed by atoms with E-state index in [1.807, 2.05) is 0 Å². The highest BCUT2D eigenvalue weighted by Gasteiger charge is 2.13. The summed E-state index contributed by atoms with van der Waals surface area (Å²) < 4.78 is 21.6. The van der Waals surface area contributed by atoms with Crippen molar-refractivity contribution in [3.8, 4) is 0 Å². The largest absolute Gasteiger partial charge is 0.477 e. The normalized spacial score (nSPS) is 11.1. The number of carbonyl (C=O) groups excluding carboxylic acids is 1. The molecule has 1 amide bonds. The Kier molecular flexibility index (Phi) is 3.66. The topological polar surface area (TPSA) is 101 Å². The van der Waals surface area contributed by atoms with E-state index in [-0.39, 0.29) is 4.88 Å². The lowest BCUT2D eigenvalue weighted by atomic mass is 10.5. The van der Waals surface area contributed by atoms with Crippen LogP contribution in [0.5, 0.6) is 0 Å². The molecule has 0 atom stereocenters. The van der Waals surface area contributed by atoms with Crippen LogP contribution >= 0.6 is 11.3 Å². The first-order valence-electron chi connectivity index (χ1n) is 4.08. The molecule has 0 aliphatic rings. The van der Waals surface area contributed by atoms with Gasteiger partial charge < -0.3 is 10.4 Å². The van der Waals surface area contributed by atoms with Crippen molar-refractivity contribution in [2.24, 2.45) is 0 Å². The first-order valence-corrected chi connectivity index (χ1v) is 6.96. The van der Waals surface area contributed by atoms with E-state index in [2.05, 4.69) is 5.32 Å². The molecule has 16 heavy (non-hydrogen) atoms. The Morgan fingerprint density at radius 2 is 2.06 bits per heavy atom. The smallest absolute Gasteiger partial charge is 0.345 e. The summed E-state index contributed by atoms with van der Waals surface area (Å²) in [6.45, 7) is 0. The Balaban J connectivity index is 2.67. The fourth-order valence-corrected chi connectivity index (χ4v) is 2.24. The SMILES string of the molecule is CS(=O)(=O)CC(=O)Nc1ccc(C(=O)O)s1. The maximum absolute atomic E-state index is 11.2. The van der Waals surface area contributed by atoms with Gasteiger partial charge in [0.25, 0.3) is 0 Å². The van der Waals surface area contributed by atoms with Crippen LogP contribution in [0.15, 0.2) is 12.1 Å². The molecule has 0 bridgehead atoms. The molecule has 0 fully saturated rings. The van der Waals surface area contributed by atoms with Gasteiger partial charge in [0.2, 0.25) is 5.91 Å². The summed E-state index contributed by atoms with van der Waals surface area (Å²) in [6, 6.07) is 2.75. The second-order valence-corrected chi connectivity index (χ2v) is 6.31. The zero-order chi connectivity index (χ0) is 12.3. The number of hydrogen-bond donors (Lipinski definition) is 2. The number of carboxylic acid groups (broad SMARTS) is 1. The Morgan fingerprint density at radius 1 is 1.44 bits per heavy atom. The lowest BCUT2D eigenvalue weighted by Crippen LogP contribution is -2.21. The van der Waals surface area contributed by atoms with Gasteiger partial charge in [-0.1, -0.05) is 0 Å². The van der Waals surface area contributed by atoms with Gasteiger partial charge in [-0.05, 0) is 12.1 Å². The number of rotatable bonds is 4. The number of anilines is 1. The molecule has 0 aliphatic carbocycles. The van der Waals surface area contributed by atoms with Crippen LogP contribution in [0.4, 0.5) is 5.00 Å². The molecule has 8 heteroatoms. The zero-order valence-electron chi connectivity index (χ0n) is 8.26.